The maximum atomic E-state index is 11.5. The van der Waals surface area contributed by atoms with Gasteiger partial charge >= 0.3 is 5.97 Å². The lowest BCUT2D eigenvalue weighted by atomic mass is 10.2. The number of hydrogen-bond acceptors (Lipinski definition) is 6. The number of nitrogens with zero attached hydrogens (tertiary/aromatic N) is 1. The third-order valence-electron chi connectivity index (χ3n) is 2.94. The minimum atomic E-state index is -0.465. The molecule has 19 heavy (non-hydrogen) atoms. The van der Waals surface area contributed by atoms with Crippen LogP contribution < -0.4 is 11.1 Å². The lowest BCUT2D eigenvalue weighted by Crippen LogP contribution is -2.13. The molecule has 0 bridgehead atoms. The van der Waals surface area contributed by atoms with Crippen molar-refractivity contribution in [3.05, 3.63) is 17.8 Å². The number of methoxy groups -OCH3 is 1. The van der Waals surface area contributed by atoms with Crippen LogP contribution in [0.4, 0.5) is 11.5 Å². The number of esters is 1. The zero-order chi connectivity index (χ0) is 13.7. The number of ether oxygens (including phenoxy) is 2. The van der Waals surface area contributed by atoms with Crippen LogP contribution in [0.5, 0.6) is 0 Å². The van der Waals surface area contributed by atoms with Crippen molar-refractivity contribution in [1.29, 1.82) is 0 Å². The number of carbonyl (C=O) groups excluding carboxylic acids is 1. The molecule has 0 radical (unpaired) electrons. The molecule has 6 heteroatoms. The molecule has 2 rings (SSSR count). The monoisotopic (exact) mass is 265 g/mol. The number of aromatic nitrogens is 1. The standard InChI is InChI=1S/C13H19N3O3/c1-18-13(17)10-6-12(16-7-11(10)14)15-4-5-19-8-9-2-3-9/h6-7,9H,2-5,8,14H2,1H3,(H,15,16). The van der Waals surface area contributed by atoms with Gasteiger partial charge < -0.3 is 20.5 Å². The van der Waals surface area contributed by atoms with Crippen LogP contribution in [-0.2, 0) is 9.47 Å². The van der Waals surface area contributed by atoms with Gasteiger partial charge in [0.05, 0.1) is 31.2 Å². The summed E-state index contributed by atoms with van der Waals surface area (Å²) in [7, 11) is 1.32. The van der Waals surface area contributed by atoms with Crippen molar-refractivity contribution in [2.24, 2.45) is 5.92 Å². The van der Waals surface area contributed by atoms with Crippen molar-refractivity contribution in [2.45, 2.75) is 12.8 Å². The fourth-order valence-corrected chi connectivity index (χ4v) is 1.64. The normalized spacial score (nSPS) is 14.2. The van der Waals surface area contributed by atoms with Crippen LogP contribution in [0.15, 0.2) is 12.3 Å². The summed E-state index contributed by atoms with van der Waals surface area (Å²) < 4.78 is 10.1. The zero-order valence-electron chi connectivity index (χ0n) is 11.0. The largest absolute Gasteiger partial charge is 0.465 e. The number of nitrogen functional groups attached to an aromatic ring is 1. The molecule has 1 aromatic heterocycles. The zero-order valence-corrected chi connectivity index (χ0v) is 11.0. The Morgan fingerprint density at radius 3 is 3.05 bits per heavy atom. The van der Waals surface area contributed by atoms with Gasteiger partial charge in [-0.3, -0.25) is 0 Å². The van der Waals surface area contributed by atoms with E-state index < -0.39 is 5.97 Å². The second-order valence-electron chi connectivity index (χ2n) is 4.59. The molecule has 3 N–H and O–H groups in total. The third-order valence-corrected chi connectivity index (χ3v) is 2.94. The van der Waals surface area contributed by atoms with Gasteiger partial charge in [0.1, 0.15) is 5.82 Å². The molecule has 0 aliphatic heterocycles. The van der Waals surface area contributed by atoms with Crippen LogP contribution in [-0.4, -0.2) is 37.8 Å². The van der Waals surface area contributed by atoms with Gasteiger partial charge in [0.25, 0.3) is 0 Å². The molecule has 6 nitrogen and oxygen atoms in total. The predicted molar refractivity (Wildman–Crippen MR) is 72.0 cm³/mol. The molecule has 0 aromatic carbocycles. The van der Waals surface area contributed by atoms with Gasteiger partial charge in [0.2, 0.25) is 0 Å². The lowest BCUT2D eigenvalue weighted by molar-refractivity contribution is 0.0602. The van der Waals surface area contributed by atoms with E-state index >= 15 is 0 Å². The minimum Gasteiger partial charge on any atom is -0.465 e. The quantitative estimate of drug-likeness (QED) is 0.570. The number of nitrogens with one attached hydrogen (secondary N) is 1. The number of anilines is 2. The summed E-state index contributed by atoms with van der Waals surface area (Å²) >= 11 is 0. The summed E-state index contributed by atoms with van der Waals surface area (Å²) in [5.74, 6) is 0.887. The van der Waals surface area contributed by atoms with Gasteiger partial charge in [0, 0.05) is 13.2 Å². The van der Waals surface area contributed by atoms with Gasteiger partial charge in [0.15, 0.2) is 0 Å². The summed E-state index contributed by atoms with van der Waals surface area (Å²) in [5, 5.41) is 3.09. The molecule has 0 unspecified atom stereocenters. The molecule has 1 saturated carbocycles. The van der Waals surface area contributed by atoms with Gasteiger partial charge in [-0.15, -0.1) is 0 Å². The van der Waals surface area contributed by atoms with Crippen LogP contribution in [0.2, 0.25) is 0 Å². The number of rotatable bonds is 7. The summed E-state index contributed by atoms with van der Waals surface area (Å²) in [6.45, 7) is 2.10. The number of nitrogens with two attached hydrogens (primary N) is 1. The van der Waals surface area contributed by atoms with Crippen molar-refractivity contribution in [2.75, 3.05) is 37.9 Å². The van der Waals surface area contributed by atoms with E-state index in [1.54, 1.807) is 6.07 Å². The summed E-state index contributed by atoms with van der Waals surface area (Å²) in [5.41, 5.74) is 6.29. The van der Waals surface area contributed by atoms with E-state index in [1.165, 1.54) is 26.1 Å². The van der Waals surface area contributed by atoms with Crippen molar-refractivity contribution in [1.82, 2.24) is 4.98 Å². The highest BCUT2D eigenvalue weighted by Gasteiger charge is 2.20. The Kier molecular flexibility index (Phi) is 4.57. The Balaban J connectivity index is 1.80. The molecule has 1 aliphatic carbocycles. The highest BCUT2D eigenvalue weighted by Crippen LogP contribution is 2.28. The van der Waals surface area contributed by atoms with Crippen molar-refractivity contribution in [3.63, 3.8) is 0 Å². The molecule has 0 atom stereocenters. The summed E-state index contributed by atoms with van der Waals surface area (Å²) in [6.07, 6.45) is 4.02. The van der Waals surface area contributed by atoms with Gasteiger partial charge in [-0.2, -0.15) is 0 Å². The van der Waals surface area contributed by atoms with Crippen LogP contribution in [0.1, 0.15) is 23.2 Å². The maximum absolute atomic E-state index is 11.5. The first-order valence-electron chi connectivity index (χ1n) is 6.36. The predicted octanol–water partition coefficient (Wildman–Crippen LogP) is 1.29. The Hall–Kier alpha value is -1.82. The fourth-order valence-electron chi connectivity index (χ4n) is 1.64. The molecular formula is C13H19N3O3. The van der Waals surface area contributed by atoms with Crippen LogP contribution in [0, 0.1) is 5.92 Å². The number of hydrogen-bond donors (Lipinski definition) is 2. The van der Waals surface area contributed by atoms with Crippen LogP contribution in [0.25, 0.3) is 0 Å². The van der Waals surface area contributed by atoms with E-state index in [1.807, 2.05) is 0 Å². The van der Waals surface area contributed by atoms with E-state index in [0.29, 0.717) is 30.2 Å². The third kappa shape index (κ3) is 4.10. The van der Waals surface area contributed by atoms with Crippen LogP contribution in [0.3, 0.4) is 0 Å². The molecule has 0 spiro atoms. The SMILES string of the molecule is COC(=O)c1cc(NCCOCC2CC2)ncc1N. The maximum Gasteiger partial charge on any atom is 0.340 e. The van der Waals surface area contributed by atoms with Gasteiger partial charge in [-0.25, -0.2) is 9.78 Å². The summed E-state index contributed by atoms with van der Waals surface area (Å²) in [4.78, 5) is 15.6. The first-order valence-corrected chi connectivity index (χ1v) is 6.36. The fraction of sp³-hybridized carbons (Fsp3) is 0.538. The van der Waals surface area contributed by atoms with Gasteiger partial charge in [-0.05, 0) is 24.8 Å². The minimum absolute atomic E-state index is 0.308. The van der Waals surface area contributed by atoms with Crippen LogP contribution >= 0.6 is 0 Å². The van der Waals surface area contributed by atoms with Crippen molar-refractivity contribution in [3.8, 4) is 0 Å². The number of pyridine rings is 1. The first kappa shape index (κ1) is 13.6. The molecule has 0 amide bonds. The first-order chi connectivity index (χ1) is 9.20. The number of carbonyl (C=O) groups is 1. The Bertz CT molecular complexity index is 447. The Labute approximate surface area is 112 Å². The molecule has 104 valence electrons. The second-order valence-corrected chi connectivity index (χ2v) is 4.59. The molecule has 1 aliphatic rings. The summed E-state index contributed by atoms with van der Waals surface area (Å²) in [6, 6.07) is 1.59. The average Bonchev–Trinajstić information content (AvgIpc) is 3.23. The molecular weight excluding hydrogens is 246 g/mol. The molecule has 0 saturated heterocycles. The van der Waals surface area contributed by atoms with E-state index in [4.69, 9.17) is 10.5 Å². The second kappa shape index (κ2) is 6.38. The van der Waals surface area contributed by atoms with E-state index in [2.05, 4.69) is 15.0 Å². The smallest absolute Gasteiger partial charge is 0.340 e. The highest BCUT2D eigenvalue weighted by molar-refractivity contribution is 5.95. The molecule has 1 heterocycles. The van der Waals surface area contributed by atoms with Crippen molar-refractivity contribution < 1.29 is 14.3 Å². The highest BCUT2D eigenvalue weighted by atomic mass is 16.5. The average molecular weight is 265 g/mol. The van der Waals surface area contributed by atoms with E-state index in [0.717, 1.165) is 12.5 Å². The Morgan fingerprint density at radius 1 is 1.58 bits per heavy atom. The Morgan fingerprint density at radius 2 is 2.37 bits per heavy atom. The van der Waals surface area contributed by atoms with Crippen molar-refractivity contribution >= 4 is 17.5 Å². The molecule has 1 fully saturated rings. The lowest BCUT2D eigenvalue weighted by Gasteiger charge is -2.09. The molecule has 1 aromatic rings. The van der Waals surface area contributed by atoms with E-state index in [-0.39, 0.29) is 0 Å². The van der Waals surface area contributed by atoms with E-state index in [9.17, 15) is 4.79 Å². The van der Waals surface area contributed by atoms with Gasteiger partial charge in [-0.1, -0.05) is 0 Å². The topological polar surface area (TPSA) is 86.5 Å².